The van der Waals surface area contributed by atoms with Gasteiger partial charge >= 0.3 is 0 Å². The summed E-state index contributed by atoms with van der Waals surface area (Å²) in [4.78, 5) is 10.5. The molecule has 0 aromatic carbocycles. The van der Waals surface area contributed by atoms with E-state index in [0.717, 1.165) is 0 Å². The molecule has 1 aromatic rings. The van der Waals surface area contributed by atoms with Crippen molar-refractivity contribution in [3.63, 3.8) is 0 Å². The molecule has 1 heterocycles. The molecule has 0 aliphatic carbocycles. The fourth-order valence-electron chi connectivity index (χ4n) is 0.520. The van der Waals surface area contributed by atoms with Gasteiger partial charge < -0.3 is 0 Å². The Kier molecular flexibility index (Phi) is 1.66. The minimum atomic E-state index is -0.178. The molecule has 0 saturated heterocycles. The monoisotopic (exact) mass is 188 g/mol. The van der Waals surface area contributed by atoms with Crippen LogP contribution in [-0.4, -0.2) is 14.5 Å². The normalized spacial score (nSPS) is 9.56. The zero-order valence-electron chi connectivity index (χ0n) is 4.84. The van der Waals surface area contributed by atoms with Crippen LogP contribution in [0.1, 0.15) is 10.5 Å². The highest BCUT2D eigenvalue weighted by atomic mass is 79.9. The van der Waals surface area contributed by atoms with Gasteiger partial charge in [0.1, 0.15) is 5.69 Å². The van der Waals surface area contributed by atoms with E-state index in [4.69, 9.17) is 0 Å². The third-order valence-corrected chi connectivity index (χ3v) is 1.32. The lowest BCUT2D eigenvalue weighted by molar-refractivity contribution is 0.109. The number of carbonyl (C=O) groups is 1. The highest BCUT2D eigenvalue weighted by molar-refractivity contribution is 9.18. The minimum Gasteiger partial charge on any atom is -0.279 e. The average Bonchev–Trinajstić information content (AvgIpc) is 2.14. The third kappa shape index (κ3) is 1.38. The number of aryl methyl sites for hydroxylation is 1. The third-order valence-electron chi connectivity index (χ3n) is 0.915. The largest absolute Gasteiger partial charge is 0.279 e. The van der Waals surface area contributed by atoms with Crippen LogP contribution in [0.3, 0.4) is 0 Å². The van der Waals surface area contributed by atoms with Crippen LogP contribution in [0.25, 0.3) is 0 Å². The Morgan fingerprint density at radius 1 is 1.89 bits per heavy atom. The van der Waals surface area contributed by atoms with Gasteiger partial charge in [0.25, 0.3) is 0 Å². The molecule has 1 aromatic heterocycles. The van der Waals surface area contributed by atoms with Crippen LogP contribution in [0, 0.1) is 0 Å². The van der Waals surface area contributed by atoms with Gasteiger partial charge in [0.05, 0.1) is 0 Å². The lowest BCUT2D eigenvalue weighted by Gasteiger charge is -1.82. The molecule has 0 amide bonds. The van der Waals surface area contributed by atoms with Gasteiger partial charge in [-0.2, -0.15) is 5.10 Å². The molecule has 48 valence electrons. The average molecular weight is 189 g/mol. The van der Waals surface area contributed by atoms with Crippen molar-refractivity contribution in [1.82, 2.24) is 9.78 Å². The zero-order valence-corrected chi connectivity index (χ0v) is 6.42. The maximum Gasteiger partial charge on any atom is 0.248 e. The first kappa shape index (κ1) is 6.48. The number of hydrogen-bond donors (Lipinski definition) is 0. The number of halogens is 1. The van der Waals surface area contributed by atoms with Crippen molar-refractivity contribution in [3.8, 4) is 0 Å². The SMILES string of the molecule is Cn1ccc(C(=O)Br)n1. The Morgan fingerprint density at radius 3 is 2.78 bits per heavy atom. The fourth-order valence-corrected chi connectivity index (χ4v) is 0.731. The lowest BCUT2D eigenvalue weighted by atomic mass is 10.5. The highest BCUT2D eigenvalue weighted by Crippen LogP contribution is 1.99. The van der Waals surface area contributed by atoms with Crippen LogP contribution in [0.15, 0.2) is 12.3 Å². The Hall–Kier alpha value is -0.640. The number of rotatable bonds is 1. The summed E-state index contributed by atoms with van der Waals surface area (Å²) in [5.74, 6) is 0. The standard InChI is InChI=1S/C5H5BrN2O/c1-8-3-2-4(7-8)5(6)9/h2-3H,1H3. The molecule has 0 atom stereocenters. The Bertz CT molecular complexity index is 231. The van der Waals surface area contributed by atoms with E-state index in [0.29, 0.717) is 5.69 Å². The summed E-state index contributed by atoms with van der Waals surface area (Å²) in [6.45, 7) is 0. The second-order valence-electron chi connectivity index (χ2n) is 1.65. The summed E-state index contributed by atoms with van der Waals surface area (Å²) in [6.07, 6.45) is 1.72. The van der Waals surface area contributed by atoms with Crippen LogP contribution >= 0.6 is 15.9 Å². The van der Waals surface area contributed by atoms with E-state index >= 15 is 0 Å². The number of nitrogens with zero attached hydrogens (tertiary/aromatic N) is 2. The summed E-state index contributed by atoms with van der Waals surface area (Å²) >= 11 is 2.78. The molecule has 0 spiro atoms. The first-order valence-corrected chi connectivity index (χ1v) is 3.19. The topological polar surface area (TPSA) is 34.9 Å². The van der Waals surface area contributed by atoms with Crippen LogP contribution in [0.2, 0.25) is 0 Å². The molecule has 0 radical (unpaired) electrons. The van der Waals surface area contributed by atoms with Gasteiger partial charge in [0, 0.05) is 13.2 Å². The summed E-state index contributed by atoms with van der Waals surface area (Å²) in [7, 11) is 1.76. The van der Waals surface area contributed by atoms with Crippen molar-refractivity contribution in [1.29, 1.82) is 0 Å². The van der Waals surface area contributed by atoms with Gasteiger partial charge in [-0.15, -0.1) is 0 Å². The summed E-state index contributed by atoms with van der Waals surface area (Å²) in [6, 6.07) is 1.65. The molecule has 0 aliphatic heterocycles. The van der Waals surface area contributed by atoms with E-state index in [1.165, 1.54) is 0 Å². The Morgan fingerprint density at radius 2 is 2.56 bits per heavy atom. The van der Waals surface area contributed by atoms with Crippen molar-refractivity contribution in [3.05, 3.63) is 18.0 Å². The van der Waals surface area contributed by atoms with E-state index in [1.54, 1.807) is 24.0 Å². The van der Waals surface area contributed by atoms with E-state index in [9.17, 15) is 4.79 Å². The molecule has 0 unspecified atom stereocenters. The van der Waals surface area contributed by atoms with Crippen molar-refractivity contribution in [2.45, 2.75) is 0 Å². The molecule has 1 rings (SSSR count). The van der Waals surface area contributed by atoms with Crippen LogP contribution in [-0.2, 0) is 7.05 Å². The predicted octanol–water partition coefficient (Wildman–Crippen LogP) is 0.955. The Balaban J connectivity index is 2.98. The number of hydrogen-bond acceptors (Lipinski definition) is 2. The van der Waals surface area contributed by atoms with E-state index in [2.05, 4.69) is 21.0 Å². The zero-order chi connectivity index (χ0) is 6.85. The molecule has 0 fully saturated rings. The second kappa shape index (κ2) is 2.31. The van der Waals surface area contributed by atoms with Gasteiger partial charge in [0.2, 0.25) is 4.69 Å². The summed E-state index contributed by atoms with van der Waals surface area (Å²) in [5.41, 5.74) is 0.442. The van der Waals surface area contributed by atoms with Crippen molar-refractivity contribution in [2.75, 3.05) is 0 Å². The van der Waals surface area contributed by atoms with Gasteiger partial charge in [-0.1, -0.05) is 0 Å². The molecule has 0 N–H and O–H groups in total. The quantitative estimate of drug-likeness (QED) is 0.616. The molecular formula is C5H5BrN2O. The first-order valence-electron chi connectivity index (χ1n) is 2.39. The molecule has 4 heteroatoms. The second-order valence-corrected chi connectivity index (χ2v) is 2.37. The lowest BCUT2D eigenvalue weighted by Crippen LogP contribution is -1.92. The van der Waals surface area contributed by atoms with E-state index in [1.807, 2.05) is 0 Å². The maximum absolute atomic E-state index is 10.5. The smallest absolute Gasteiger partial charge is 0.248 e. The summed E-state index contributed by atoms with van der Waals surface area (Å²) in [5, 5.41) is 3.83. The van der Waals surface area contributed by atoms with Crippen LogP contribution in [0.4, 0.5) is 0 Å². The first-order chi connectivity index (χ1) is 4.20. The molecular weight excluding hydrogens is 184 g/mol. The van der Waals surface area contributed by atoms with Gasteiger partial charge in [-0.25, -0.2) is 0 Å². The fraction of sp³-hybridized carbons (Fsp3) is 0.200. The van der Waals surface area contributed by atoms with Gasteiger partial charge in [-0.05, 0) is 22.0 Å². The van der Waals surface area contributed by atoms with Gasteiger partial charge in [0.15, 0.2) is 0 Å². The molecule has 0 saturated carbocycles. The molecule has 0 aliphatic rings. The minimum absolute atomic E-state index is 0.178. The molecule has 0 bridgehead atoms. The highest BCUT2D eigenvalue weighted by Gasteiger charge is 2.01. The number of carbonyl (C=O) groups excluding carboxylic acids is 1. The van der Waals surface area contributed by atoms with E-state index in [-0.39, 0.29) is 4.69 Å². The van der Waals surface area contributed by atoms with Crippen molar-refractivity contribution in [2.24, 2.45) is 7.05 Å². The molecule has 3 nitrogen and oxygen atoms in total. The van der Waals surface area contributed by atoms with Crippen molar-refractivity contribution >= 4 is 20.6 Å². The Labute approximate surface area is 60.8 Å². The number of aromatic nitrogens is 2. The summed E-state index contributed by atoms with van der Waals surface area (Å²) < 4.78 is 1.40. The van der Waals surface area contributed by atoms with Gasteiger partial charge in [-0.3, -0.25) is 9.48 Å². The maximum atomic E-state index is 10.5. The predicted molar refractivity (Wildman–Crippen MR) is 36.5 cm³/mol. The van der Waals surface area contributed by atoms with Crippen LogP contribution in [0.5, 0.6) is 0 Å². The molecule has 9 heavy (non-hydrogen) atoms. The van der Waals surface area contributed by atoms with Crippen LogP contribution < -0.4 is 0 Å². The van der Waals surface area contributed by atoms with E-state index < -0.39 is 0 Å². The van der Waals surface area contributed by atoms with Crippen molar-refractivity contribution < 1.29 is 4.79 Å².